The first-order valence-corrected chi connectivity index (χ1v) is 8.20. The van der Waals surface area contributed by atoms with Crippen molar-refractivity contribution in [2.24, 2.45) is 7.05 Å². The van der Waals surface area contributed by atoms with Crippen molar-refractivity contribution in [3.05, 3.63) is 65.1 Å². The van der Waals surface area contributed by atoms with Gasteiger partial charge in [-0.15, -0.1) is 0 Å². The lowest BCUT2D eigenvalue weighted by atomic mass is 10.1. The largest absolute Gasteiger partial charge is 0.416 e. The molecule has 142 valence electrons. The van der Waals surface area contributed by atoms with Gasteiger partial charge in [0.15, 0.2) is 0 Å². The van der Waals surface area contributed by atoms with Crippen molar-refractivity contribution >= 4 is 11.7 Å². The molecule has 1 aromatic carbocycles. The number of aryl methyl sites for hydroxylation is 2. The molecule has 0 bridgehead atoms. The molecule has 0 aliphatic heterocycles. The van der Waals surface area contributed by atoms with E-state index >= 15 is 0 Å². The van der Waals surface area contributed by atoms with E-state index in [-0.39, 0.29) is 24.4 Å². The van der Waals surface area contributed by atoms with Crippen LogP contribution in [0.3, 0.4) is 0 Å². The van der Waals surface area contributed by atoms with E-state index in [0.717, 1.165) is 17.3 Å². The summed E-state index contributed by atoms with van der Waals surface area (Å²) in [6.07, 6.45) is -1.15. The summed E-state index contributed by atoms with van der Waals surface area (Å²) in [7, 11) is 1.77. The van der Waals surface area contributed by atoms with Gasteiger partial charge in [-0.05, 0) is 18.6 Å². The van der Waals surface area contributed by atoms with E-state index in [2.05, 4.69) is 15.5 Å². The van der Waals surface area contributed by atoms with E-state index in [4.69, 9.17) is 0 Å². The fourth-order valence-corrected chi connectivity index (χ4v) is 2.84. The highest BCUT2D eigenvalue weighted by atomic mass is 19.4. The zero-order chi connectivity index (χ0) is 19.6. The molecule has 27 heavy (non-hydrogen) atoms. The molecule has 0 saturated carbocycles. The number of carbonyl (C=O) groups excluding carboxylic acids is 1. The number of nitrogens with zero attached hydrogens (tertiary/aromatic N) is 4. The number of hydrogen-bond donors (Lipinski definition) is 1. The summed E-state index contributed by atoms with van der Waals surface area (Å²) in [5.74, 6) is 0.0375. The van der Waals surface area contributed by atoms with Crippen molar-refractivity contribution in [1.29, 1.82) is 0 Å². The van der Waals surface area contributed by atoms with E-state index in [1.807, 2.05) is 0 Å². The van der Waals surface area contributed by atoms with Gasteiger partial charge in [-0.1, -0.05) is 18.2 Å². The minimum atomic E-state index is -4.45. The van der Waals surface area contributed by atoms with Crippen molar-refractivity contribution < 1.29 is 18.0 Å². The zero-order valence-corrected chi connectivity index (χ0v) is 14.8. The highest BCUT2D eigenvalue weighted by molar-refractivity contribution is 5.91. The van der Waals surface area contributed by atoms with Crippen LogP contribution in [0.2, 0.25) is 0 Å². The SMILES string of the molecule is Cc1nn(C)cc1CC(=O)Nc1ccnn1Cc1ccccc1C(F)(F)F. The third-order valence-corrected chi connectivity index (χ3v) is 4.09. The lowest BCUT2D eigenvalue weighted by Crippen LogP contribution is -2.19. The second-order valence-electron chi connectivity index (χ2n) is 6.17. The van der Waals surface area contributed by atoms with Gasteiger partial charge in [-0.2, -0.15) is 23.4 Å². The second kappa shape index (κ2) is 7.26. The maximum atomic E-state index is 13.2. The van der Waals surface area contributed by atoms with Gasteiger partial charge in [0.25, 0.3) is 0 Å². The number of anilines is 1. The summed E-state index contributed by atoms with van der Waals surface area (Å²) >= 11 is 0. The molecule has 0 atom stereocenters. The molecule has 0 aliphatic carbocycles. The Labute approximate surface area is 153 Å². The molecule has 0 aliphatic rings. The Morgan fingerprint density at radius 1 is 1.19 bits per heavy atom. The van der Waals surface area contributed by atoms with E-state index < -0.39 is 11.7 Å². The highest BCUT2D eigenvalue weighted by Gasteiger charge is 2.33. The number of hydrogen-bond acceptors (Lipinski definition) is 3. The van der Waals surface area contributed by atoms with Crippen LogP contribution in [0.25, 0.3) is 0 Å². The van der Waals surface area contributed by atoms with Crippen LogP contribution in [-0.2, 0) is 31.0 Å². The number of aromatic nitrogens is 4. The normalized spacial score (nSPS) is 11.6. The van der Waals surface area contributed by atoms with Crippen molar-refractivity contribution in [1.82, 2.24) is 19.6 Å². The maximum absolute atomic E-state index is 13.2. The van der Waals surface area contributed by atoms with Gasteiger partial charge in [0.1, 0.15) is 5.82 Å². The maximum Gasteiger partial charge on any atom is 0.416 e. The number of halogens is 3. The Hall–Kier alpha value is -3.10. The van der Waals surface area contributed by atoms with Crippen LogP contribution < -0.4 is 5.32 Å². The number of amides is 1. The molecule has 2 aromatic heterocycles. The van der Waals surface area contributed by atoms with Gasteiger partial charge in [0.05, 0.1) is 30.4 Å². The van der Waals surface area contributed by atoms with Crippen molar-refractivity contribution in [2.75, 3.05) is 5.32 Å². The van der Waals surface area contributed by atoms with Crippen LogP contribution >= 0.6 is 0 Å². The summed E-state index contributed by atoms with van der Waals surface area (Å²) in [5.41, 5.74) is 0.889. The lowest BCUT2D eigenvalue weighted by Gasteiger charge is -2.14. The second-order valence-corrected chi connectivity index (χ2v) is 6.17. The molecule has 2 heterocycles. The summed E-state index contributed by atoms with van der Waals surface area (Å²) in [6.45, 7) is 1.70. The number of carbonyl (C=O) groups is 1. The Morgan fingerprint density at radius 2 is 1.93 bits per heavy atom. The Kier molecular flexibility index (Phi) is 5.02. The standard InChI is InChI=1S/C18H18F3N5O/c1-12-14(10-25(2)24-12)9-17(27)23-16-7-8-22-26(16)11-13-5-3-4-6-15(13)18(19,20)21/h3-8,10H,9,11H2,1-2H3,(H,23,27). The fourth-order valence-electron chi connectivity index (χ4n) is 2.84. The van der Waals surface area contributed by atoms with Crippen LogP contribution in [0.1, 0.15) is 22.4 Å². The van der Waals surface area contributed by atoms with E-state index in [1.165, 1.54) is 29.1 Å². The van der Waals surface area contributed by atoms with Crippen LogP contribution in [-0.4, -0.2) is 25.5 Å². The molecule has 1 amide bonds. The molecule has 9 heteroatoms. The molecule has 3 rings (SSSR count). The van der Waals surface area contributed by atoms with E-state index in [9.17, 15) is 18.0 Å². The molecular formula is C18H18F3N5O. The number of alkyl halides is 3. The monoisotopic (exact) mass is 377 g/mol. The first-order valence-electron chi connectivity index (χ1n) is 8.20. The lowest BCUT2D eigenvalue weighted by molar-refractivity contribution is -0.138. The van der Waals surface area contributed by atoms with Gasteiger partial charge < -0.3 is 5.32 Å². The fraction of sp³-hybridized carbons (Fsp3) is 0.278. The average Bonchev–Trinajstić information content (AvgIpc) is 3.13. The molecule has 0 spiro atoms. The van der Waals surface area contributed by atoms with Gasteiger partial charge in [-0.25, -0.2) is 4.68 Å². The van der Waals surface area contributed by atoms with Crippen LogP contribution in [0, 0.1) is 6.92 Å². The zero-order valence-electron chi connectivity index (χ0n) is 14.8. The van der Waals surface area contributed by atoms with Crippen LogP contribution in [0.5, 0.6) is 0 Å². The topological polar surface area (TPSA) is 64.7 Å². The highest BCUT2D eigenvalue weighted by Crippen LogP contribution is 2.32. The van der Waals surface area contributed by atoms with E-state index in [0.29, 0.717) is 5.82 Å². The summed E-state index contributed by atoms with van der Waals surface area (Å²) < 4.78 is 42.4. The summed E-state index contributed by atoms with van der Waals surface area (Å²) in [6, 6.07) is 6.85. The third kappa shape index (κ3) is 4.36. The first kappa shape index (κ1) is 18.7. The average molecular weight is 377 g/mol. The Bertz CT molecular complexity index is 958. The first-order chi connectivity index (χ1) is 12.7. The molecular weight excluding hydrogens is 359 g/mol. The molecule has 0 unspecified atom stereocenters. The molecule has 0 fully saturated rings. The van der Waals surface area contributed by atoms with Gasteiger partial charge in [-0.3, -0.25) is 9.48 Å². The Balaban J connectivity index is 1.75. The third-order valence-electron chi connectivity index (χ3n) is 4.09. The van der Waals surface area contributed by atoms with Crippen LogP contribution in [0.4, 0.5) is 19.0 Å². The smallest absolute Gasteiger partial charge is 0.311 e. The van der Waals surface area contributed by atoms with E-state index in [1.54, 1.807) is 30.9 Å². The Morgan fingerprint density at radius 3 is 2.59 bits per heavy atom. The number of nitrogens with one attached hydrogen (secondary N) is 1. The molecule has 3 aromatic rings. The summed E-state index contributed by atoms with van der Waals surface area (Å²) in [5, 5.41) is 10.9. The van der Waals surface area contributed by atoms with Crippen molar-refractivity contribution in [3.63, 3.8) is 0 Å². The predicted octanol–water partition coefficient (Wildman–Crippen LogP) is 3.17. The van der Waals surface area contributed by atoms with Crippen molar-refractivity contribution in [2.45, 2.75) is 26.1 Å². The van der Waals surface area contributed by atoms with Crippen LogP contribution in [0.15, 0.2) is 42.7 Å². The molecule has 0 saturated heterocycles. The molecule has 0 radical (unpaired) electrons. The van der Waals surface area contributed by atoms with Gasteiger partial charge in [0, 0.05) is 24.9 Å². The number of benzene rings is 1. The molecule has 1 N–H and O–H groups in total. The summed E-state index contributed by atoms with van der Waals surface area (Å²) in [4.78, 5) is 12.3. The quantitative estimate of drug-likeness (QED) is 0.743. The minimum absolute atomic E-state index is 0.0762. The minimum Gasteiger partial charge on any atom is -0.311 e. The van der Waals surface area contributed by atoms with Gasteiger partial charge in [0.2, 0.25) is 5.91 Å². The number of rotatable bonds is 5. The van der Waals surface area contributed by atoms with Gasteiger partial charge >= 0.3 is 6.18 Å². The van der Waals surface area contributed by atoms with Crippen molar-refractivity contribution in [3.8, 4) is 0 Å². The predicted molar refractivity (Wildman–Crippen MR) is 93.1 cm³/mol. The molecule has 6 nitrogen and oxygen atoms in total.